The highest BCUT2D eigenvalue weighted by Gasteiger charge is 2.12. The average Bonchev–Trinajstić information content (AvgIpc) is 2.29. The van der Waals surface area contributed by atoms with Crippen LogP contribution in [0.1, 0.15) is 5.56 Å². The summed E-state index contributed by atoms with van der Waals surface area (Å²) in [5, 5.41) is 0. The number of hydrogen-bond acceptors (Lipinski definition) is 1. The van der Waals surface area contributed by atoms with Crippen molar-refractivity contribution in [1.82, 2.24) is 0 Å². The van der Waals surface area contributed by atoms with E-state index in [0.717, 1.165) is 0 Å². The third-order valence-corrected chi connectivity index (χ3v) is 3.04. The van der Waals surface area contributed by atoms with Crippen molar-refractivity contribution in [2.45, 2.75) is 6.92 Å². The molecule has 0 bridgehead atoms. The largest absolute Gasteiger partial charge is 0.378 e. The average molecular weight is 227 g/mol. The summed E-state index contributed by atoms with van der Waals surface area (Å²) in [5.41, 5.74) is 5.06. The van der Waals surface area contributed by atoms with E-state index in [1.54, 1.807) is 0 Å². The van der Waals surface area contributed by atoms with E-state index in [-0.39, 0.29) is 0 Å². The maximum absolute atomic E-state index is 2.18. The molecule has 2 heteroatoms. The van der Waals surface area contributed by atoms with Crippen LogP contribution in [0, 0.1) is 6.92 Å². The van der Waals surface area contributed by atoms with Crippen LogP contribution < -0.4 is 9.47 Å². The molecule has 0 radical (unpaired) electrons. The highest BCUT2D eigenvalue weighted by Crippen LogP contribution is 2.21. The van der Waals surface area contributed by atoms with E-state index in [9.17, 15) is 0 Å². The Balaban J connectivity index is 2.47. The summed E-state index contributed by atoms with van der Waals surface area (Å²) in [6, 6.07) is 12.9. The van der Waals surface area contributed by atoms with Gasteiger partial charge in [-0.25, -0.2) is 4.57 Å². The Morgan fingerprint density at radius 2 is 1.65 bits per heavy atom. The van der Waals surface area contributed by atoms with Gasteiger partial charge in [-0.15, -0.1) is 0 Å². The second-order valence-corrected chi connectivity index (χ2v) is 4.59. The second kappa shape index (κ2) is 4.58. The zero-order valence-electron chi connectivity index (χ0n) is 10.9. The number of nitrogens with zero attached hydrogens (tertiary/aromatic N) is 2. The predicted octanol–water partition coefficient (Wildman–Crippen LogP) is 2.55. The lowest BCUT2D eigenvalue weighted by atomic mass is 10.1. The molecule has 17 heavy (non-hydrogen) atoms. The van der Waals surface area contributed by atoms with E-state index in [2.05, 4.69) is 80.1 Å². The van der Waals surface area contributed by atoms with Crippen LogP contribution in [-0.2, 0) is 7.05 Å². The Morgan fingerprint density at radius 1 is 1.00 bits per heavy atom. The summed E-state index contributed by atoms with van der Waals surface area (Å²) in [4.78, 5) is 2.11. The molecule has 1 aromatic carbocycles. The fourth-order valence-electron chi connectivity index (χ4n) is 2.10. The van der Waals surface area contributed by atoms with Crippen molar-refractivity contribution in [3.05, 3.63) is 48.2 Å². The molecule has 0 aliphatic carbocycles. The molecule has 1 aromatic heterocycles. The van der Waals surface area contributed by atoms with Gasteiger partial charge in [-0.2, -0.15) is 0 Å². The van der Waals surface area contributed by atoms with Crippen LogP contribution in [0.4, 0.5) is 5.69 Å². The van der Waals surface area contributed by atoms with Gasteiger partial charge in [0.1, 0.15) is 7.05 Å². The van der Waals surface area contributed by atoms with Crippen molar-refractivity contribution < 1.29 is 4.57 Å². The molecule has 0 saturated carbocycles. The van der Waals surface area contributed by atoms with Crippen LogP contribution in [0.15, 0.2) is 42.6 Å². The van der Waals surface area contributed by atoms with Crippen LogP contribution in [0.2, 0.25) is 0 Å². The van der Waals surface area contributed by atoms with Gasteiger partial charge < -0.3 is 4.90 Å². The first-order valence-corrected chi connectivity index (χ1v) is 5.82. The van der Waals surface area contributed by atoms with E-state index in [1.807, 2.05) is 0 Å². The van der Waals surface area contributed by atoms with Crippen LogP contribution in [0.25, 0.3) is 11.3 Å². The molecule has 0 fully saturated rings. The number of anilines is 1. The van der Waals surface area contributed by atoms with E-state index < -0.39 is 0 Å². The van der Waals surface area contributed by atoms with Gasteiger partial charge in [0.15, 0.2) is 6.20 Å². The molecule has 0 unspecified atom stereocenters. The van der Waals surface area contributed by atoms with Crippen molar-refractivity contribution in [3.8, 4) is 11.3 Å². The van der Waals surface area contributed by atoms with E-state index in [1.165, 1.54) is 22.5 Å². The van der Waals surface area contributed by atoms with Crippen LogP contribution in [0.3, 0.4) is 0 Å². The molecule has 2 nitrogen and oxygen atoms in total. The Bertz CT molecular complexity index is 493. The third kappa shape index (κ3) is 2.31. The van der Waals surface area contributed by atoms with Crippen molar-refractivity contribution in [1.29, 1.82) is 0 Å². The summed E-state index contributed by atoms with van der Waals surface area (Å²) in [7, 11) is 6.20. The lowest BCUT2D eigenvalue weighted by molar-refractivity contribution is -0.660. The van der Waals surface area contributed by atoms with Crippen molar-refractivity contribution >= 4 is 5.69 Å². The first-order chi connectivity index (χ1) is 8.09. The fourth-order valence-corrected chi connectivity index (χ4v) is 2.10. The topological polar surface area (TPSA) is 7.12 Å². The van der Waals surface area contributed by atoms with Crippen LogP contribution in [0.5, 0.6) is 0 Å². The molecule has 88 valence electrons. The van der Waals surface area contributed by atoms with Crippen LogP contribution >= 0.6 is 0 Å². The minimum Gasteiger partial charge on any atom is -0.378 e. The first kappa shape index (κ1) is 11.6. The molecule has 2 aromatic rings. The second-order valence-electron chi connectivity index (χ2n) is 4.59. The van der Waals surface area contributed by atoms with Gasteiger partial charge in [0, 0.05) is 37.0 Å². The molecule has 0 N–H and O–H groups in total. The van der Waals surface area contributed by atoms with Gasteiger partial charge in [0.2, 0.25) is 5.69 Å². The zero-order chi connectivity index (χ0) is 12.4. The molecular formula is C15H19N2+. The Morgan fingerprint density at radius 3 is 2.18 bits per heavy atom. The summed E-state index contributed by atoms with van der Waals surface area (Å²) in [6.45, 7) is 2.15. The first-order valence-electron chi connectivity index (χ1n) is 5.82. The normalized spacial score (nSPS) is 10.4. The van der Waals surface area contributed by atoms with Crippen molar-refractivity contribution in [3.63, 3.8) is 0 Å². The van der Waals surface area contributed by atoms with E-state index >= 15 is 0 Å². The van der Waals surface area contributed by atoms with Gasteiger partial charge in [-0.1, -0.05) is 0 Å². The van der Waals surface area contributed by atoms with Crippen molar-refractivity contribution in [2.24, 2.45) is 7.05 Å². The fraction of sp³-hybridized carbons (Fsp3) is 0.267. The highest BCUT2D eigenvalue weighted by molar-refractivity contribution is 5.63. The molecule has 0 aliphatic heterocycles. The minimum absolute atomic E-state index is 1.23. The Hall–Kier alpha value is -1.83. The lowest BCUT2D eigenvalue weighted by Crippen LogP contribution is -2.31. The maximum Gasteiger partial charge on any atom is 0.215 e. The molecule has 2 rings (SSSR count). The van der Waals surface area contributed by atoms with Gasteiger partial charge in [-0.3, -0.25) is 0 Å². The van der Waals surface area contributed by atoms with Gasteiger partial charge in [0.25, 0.3) is 0 Å². The van der Waals surface area contributed by atoms with Gasteiger partial charge >= 0.3 is 0 Å². The molecule has 1 heterocycles. The summed E-state index contributed by atoms with van der Waals surface area (Å²) >= 11 is 0. The zero-order valence-corrected chi connectivity index (χ0v) is 10.9. The number of benzene rings is 1. The number of aromatic nitrogens is 1. The SMILES string of the molecule is Cc1ccc[n+](C)c1-c1ccc(N(C)C)cc1. The lowest BCUT2D eigenvalue weighted by Gasteiger charge is -2.12. The quantitative estimate of drug-likeness (QED) is 0.715. The summed E-state index contributed by atoms with van der Waals surface area (Å²) in [5.74, 6) is 0. The molecule has 0 saturated heterocycles. The monoisotopic (exact) mass is 227 g/mol. The van der Waals surface area contributed by atoms with Gasteiger partial charge in [-0.05, 0) is 37.3 Å². The van der Waals surface area contributed by atoms with E-state index in [4.69, 9.17) is 0 Å². The van der Waals surface area contributed by atoms with E-state index in [0.29, 0.717) is 0 Å². The van der Waals surface area contributed by atoms with Gasteiger partial charge in [0.05, 0.1) is 0 Å². The van der Waals surface area contributed by atoms with Crippen molar-refractivity contribution in [2.75, 3.05) is 19.0 Å². The minimum atomic E-state index is 1.23. The smallest absolute Gasteiger partial charge is 0.215 e. The number of rotatable bonds is 2. The summed E-state index contributed by atoms with van der Waals surface area (Å²) < 4.78 is 2.17. The molecule has 0 amide bonds. The standard InChI is InChI=1S/C15H19N2/c1-12-6-5-11-17(4)15(12)13-7-9-14(10-8-13)16(2)3/h5-11H,1-4H3/q+1. The molecule has 0 aliphatic rings. The Kier molecular flexibility index (Phi) is 3.14. The summed E-state index contributed by atoms with van der Waals surface area (Å²) in [6.07, 6.45) is 2.09. The Labute approximate surface area is 103 Å². The molecule has 0 atom stereocenters. The van der Waals surface area contributed by atoms with Crippen LogP contribution in [-0.4, -0.2) is 14.1 Å². The predicted molar refractivity (Wildman–Crippen MR) is 72.1 cm³/mol. The maximum atomic E-state index is 2.18. The molecule has 0 spiro atoms. The number of aryl methyl sites for hydroxylation is 2. The number of hydrogen-bond donors (Lipinski definition) is 0. The molecular weight excluding hydrogens is 208 g/mol. The number of pyridine rings is 1. The highest BCUT2D eigenvalue weighted by atomic mass is 15.1. The third-order valence-electron chi connectivity index (χ3n) is 3.04.